The first-order valence-electron chi connectivity index (χ1n) is 9.40. The van der Waals surface area contributed by atoms with E-state index in [-0.39, 0.29) is 0 Å². The van der Waals surface area contributed by atoms with Crippen molar-refractivity contribution in [2.24, 2.45) is 0 Å². The summed E-state index contributed by atoms with van der Waals surface area (Å²) < 4.78 is 0. The summed E-state index contributed by atoms with van der Waals surface area (Å²) in [5, 5.41) is 23.4. The van der Waals surface area contributed by atoms with Crippen LogP contribution in [0.1, 0.15) is 20.8 Å². The average molecular weight is 412 g/mol. The summed E-state index contributed by atoms with van der Waals surface area (Å²) in [7, 11) is 0. The predicted molar refractivity (Wildman–Crippen MR) is 110 cm³/mol. The molecule has 158 valence electrons. The number of nitrogens with zero attached hydrogens (tertiary/aromatic N) is 3. The molecule has 0 aromatic heterocycles. The van der Waals surface area contributed by atoms with Gasteiger partial charge in [0.15, 0.2) is 6.17 Å². The Hall–Kier alpha value is -3.59. The van der Waals surface area contributed by atoms with Gasteiger partial charge in [0.1, 0.15) is 6.04 Å². The second-order valence-electron chi connectivity index (χ2n) is 7.54. The van der Waals surface area contributed by atoms with Gasteiger partial charge in [-0.1, -0.05) is 36.4 Å². The van der Waals surface area contributed by atoms with Crippen molar-refractivity contribution in [1.82, 2.24) is 9.96 Å². The number of hydrogen-bond donors (Lipinski definition) is 3. The van der Waals surface area contributed by atoms with E-state index in [4.69, 9.17) is 0 Å². The van der Waals surface area contributed by atoms with Crippen molar-refractivity contribution in [3.63, 3.8) is 0 Å². The third-order valence-corrected chi connectivity index (χ3v) is 5.15. The smallest absolute Gasteiger partial charge is 0.347 e. The number of carboxylic acid groups (broad SMARTS) is 1. The van der Waals surface area contributed by atoms with Gasteiger partial charge in [-0.2, -0.15) is 5.06 Å². The molecule has 9 nitrogen and oxygen atoms in total. The topological polar surface area (TPSA) is 113 Å². The first-order valence-corrected chi connectivity index (χ1v) is 9.40. The Morgan fingerprint density at radius 3 is 2.13 bits per heavy atom. The minimum absolute atomic E-state index is 0.423. The number of benzene rings is 2. The Labute approximate surface area is 174 Å². The zero-order valence-electron chi connectivity index (χ0n) is 16.9. The Kier molecular flexibility index (Phi) is 5.66. The number of hydroxylamine groups is 2. The first kappa shape index (κ1) is 21.1. The van der Waals surface area contributed by atoms with E-state index >= 15 is 0 Å². The Balaban J connectivity index is 2.02. The number of urea groups is 2. The Morgan fingerprint density at radius 1 is 1.07 bits per heavy atom. The number of aliphatic carboxylic acids is 1. The number of anilines is 2. The molecular weight excluding hydrogens is 388 g/mol. The molecule has 1 fully saturated rings. The zero-order chi connectivity index (χ0) is 22.1. The van der Waals surface area contributed by atoms with Crippen LogP contribution in [-0.4, -0.2) is 56.1 Å². The van der Waals surface area contributed by atoms with Crippen LogP contribution in [0.15, 0.2) is 60.7 Å². The van der Waals surface area contributed by atoms with Gasteiger partial charge in [-0.3, -0.25) is 10.1 Å². The minimum Gasteiger partial charge on any atom is -0.480 e. The number of para-hydroxylation sites is 2. The van der Waals surface area contributed by atoms with E-state index in [1.54, 1.807) is 74.5 Å². The largest absolute Gasteiger partial charge is 0.480 e. The summed E-state index contributed by atoms with van der Waals surface area (Å²) in [5.74, 6) is -1.19. The summed E-state index contributed by atoms with van der Waals surface area (Å²) in [6, 6.07) is 14.4. The number of carbonyl (C=O) groups excluding carboxylic acids is 2. The molecule has 3 rings (SSSR count). The molecule has 0 radical (unpaired) electrons. The first-order chi connectivity index (χ1) is 14.2. The van der Waals surface area contributed by atoms with Crippen molar-refractivity contribution in [1.29, 1.82) is 0 Å². The van der Waals surface area contributed by atoms with Crippen LogP contribution in [0.25, 0.3) is 0 Å². The van der Waals surface area contributed by atoms with Gasteiger partial charge < -0.3 is 15.3 Å². The van der Waals surface area contributed by atoms with Gasteiger partial charge in [0.25, 0.3) is 0 Å². The molecule has 0 unspecified atom stereocenters. The van der Waals surface area contributed by atoms with Gasteiger partial charge in [-0.25, -0.2) is 14.4 Å². The van der Waals surface area contributed by atoms with Crippen molar-refractivity contribution >= 4 is 29.4 Å². The van der Waals surface area contributed by atoms with E-state index in [1.807, 2.05) is 0 Å². The molecule has 0 saturated carbocycles. The molecule has 0 spiro atoms. The molecule has 0 bridgehead atoms. The molecule has 2 aromatic rings. The molecule has 0 aliphatic carbocycles. The number of nitrogens with one attached hydrogen (secondary N) is 1. The summed E-state index contributed by atoms with van der Waals surface area (Å²) in [6.45, 7) is 4.60. The summed E-state index contributed by atoms with van der Waals surface area (Å²) in [4.78, 5) is 40.1. The van der Waals surface area contributed by atoms with Gasteiger partial charge in [0.05, 0.1) is 5.54 Å². The van der Waals surface area contributed by atoms with Crippen molar-refractivity contribution < 1.29 is 24.7 Å². The number of amides is 4. The van der Waals surface area contributed by atoms with E-state index < -0.39 is 35.8 Å². The molecule has 9 heteroatoms. The molecular formula is C21H24N4O5. The van der Waals surface area contributed by atoms with Crippen molar-refractivity contribution in [2.45, 2.75) is 38.5 Å². The SMILES string of the molecule is C[C@@H](C(=O)O)N1C(=O)N(c2ccccc2)[C@@H](N(O)C(=O)Nc2ccccc2)C1(C)C. The standard InChI is InChI=1S/C21H24N4O5/c1-14(17(26)27)24-20(29)23(16-12-8-5-9-13-16)18(21(24,2)3)25(30)19(28)22-15-10-6-4-7-11-15/h4-14,18,30H,1-3H3,(H,22,28)(H,26,27)/t14-,18-/m0/s1. The molecule has 1 aliphatic heterocycles. The van der Waals surface area contributed by atoms with Gasteiger partial charge in [0, 0.05) is 11.4 Å². The maximum atomic E-state index is 13.3. The fraction of sp³-hybridized carbons (Fsp3) is 0.286. The van der Waals surface area contributed by atoms with Crippen molar-refractivity contribution in [3.05, 3.63) is 60.7 Å². The Morgan fingerprint density at radius 2 is 1.60 bits per heavy atom. The van der Waals surface area contributed by atoms with E-state index in [0.717, 1.165) is 4.90 Å². The highest BCUT2D eigenvalue weighted by atomic mass is 16.5. The molecule has 4 amide bonds. The van der Waals surface area contributed by atoms with Crippen LogP contribution in [0.3, 0.4) is 0 Å². The molecule has 1 heterocycles. The van der Waals surface area contributed by atoms with Gasteiger partial charge in [-0.15, -0.1) is 0 Å². The van der Waals surface area contributed by atoms with Crippen molar-refractivity contribution in [3.8, 4) is 0 Å². The lowest BCUT2D eigenvalue weighted by Crippen LogP contribution is -2.59. The highest BCUT2D eigenvalue weighted by molar-refractivity contribution is 5.99. The second-order valence-corrected chi connectivity index (χ2v) is 7.54. The fourth-order valence-corrected chi connectivity index (χ4v) is 3.74. The highest BCUT2D eigenvalue weighted by Crippen LogP contribution is 2.39. The third-order valence-electron chi connectivity index (χ3n) is 5.15. The minimum atomic E-state index is -1.23. The monoisotopic (exact) mass is 412 g/mol. The molecule has 1 aliphatic rings. The lowest BCUT2D eigenvalue weighted by Gasteiger charge is -2.39. The van der Waals surface area contributed by atoms with E-state index in [0.29, 0.717) is 16.4 Å². The lowest BCUT2D eigenvalue weighted by atomic mass is 9.98. The summed E-state index contributed by atoms with van der Waals surface area (Å²) in [6.07, 6.45) is -1.18. The fourth-order valence-electron chi connectivity index (χ4n) is 3.74. The number of rotatable bonds is 5. The van der Waals surface area contributed by atoms with Crippen LogP contribution in [0, 0.1) is 0 Å². The maximum Gasteiger partial charge on any atom is 0.347 e. The molecule has 30 heavy (non-hydrogen) atoms. The van der Waals surface area contributed by atoms with Crippen molar-refractivity contribution in [2.75, 3.05) is 10.2 Å². The lowest BCUT2D eigenvalue weighted by molar-refractivity contribution is -0.145. The maximum absolute atomic E-state index is 13.3. The van der Waals surface area contributed by atoms with Gasteiger partial charge >= 0.3 is 18.0 Å². The number of carboxylic acids is 1. The van der Waals surface area contributed by atoms with Crippen LogP contribution < -0.4 is 10.2 Å². The molecule has 2 atom stereocenters. The molecule has 2 aromatic carbocycles. The summed E-state index contributed by atoms with van der Waals surface area (Å²) >= 11 is 0. The van der Waals surface area contributed by atoms with E-state index in [1.165, 1.54) is 11.8 Å². The normalized spacial score (nSPS) is 18.8. The summed E-state index contributed by atoms with van der Waals surface area (Å²) in [5.41, 5.74) is -0.342. The highest BCUT2D eigenvalue weighted by Gasteiger charge is 2.58. The number of carbonyl (C=O) groups is 3. The Bertz CT molecular complexity index is 935. The predicted octanol–water partition coefficient (Wildman–Crippen LogP) is 3.43. The molecule has 3 N–H and O–H groups in total. The quantitative estimate of drug-likeness (QED) is 0.514. The van der Waals surface area contributed by atoms with Gasteiger partial charge in [-0.05, 0) is 45.0 Å². The number of hydrogen-bond acceptors (Lipinski definition) is 4. The second kappa shape index (κ2) is 8.03. The molecule has 1 saturated heterocycles. The van der Waals surface area contributed by atoms with E-state index in [9.17, 15) is 24.7 Å². The van der Waals surface area contributed by atoms with Crippen LogP contribution >= 0.6 is 0 Å². The zero-order valence-corrected chi connectivity index (χ0v) is 16.9. The average Bonchev–Trinajstić information content (AvgIpc) is 2.93. The van der Waals surface area contributed by atoms with Crippen LogP contribution in [0.5, 0.6) is 0 Å². The van der Waals surface area contributed by atoms with Crippen LogP contribution in [-0.2, 0) is 4.79 Å². The third kappa shape index (κ3) is 3.67. The van der Waals surface area contributed by atoms with Crippen LogP contribution in [0.4, 0.5) is 21.0 Å². The van der Waals surface area contributed by atoms with Crippen LogP contribution in [0.2, 0.25) is 0 Å². The van der Waals surface area contributed by atoms with Gasteiger partial charge in [0.2, 0.25) is 0 Å². The van der Waals surface area contributed by atoms with E-state index in [2.05, 4.69) is 5.32 Å².